The number of nitrogens with zero attached hydrogens (tertiary/aromatic N) is 1. The van der Waals surface area contributed by atoms with Crippen molar-refractivity contribution in [1.82, 2.24) is 10.3 Å². The van der Waals surface area contributed by atoms with Crippen LogP contribution in [0.4, 0.5) is 5.69 Å². The molecule has 2 amide bonds. The third kappa shape index (κ3) is 4.90. The van der Waals surface area contributed by atoms with Gasteiger partial charge < -0.3 is 10.6 Å². The van der Waals surface area contributed by atoms with Gasteiger partial charge in [0.05, 0.1) is 33.8 Å². The summed E-state index contributed by atoms with van der Waals surface area (Å²) in [6, 6.07) is 10.1. The van der Waals surface area contributed by atoms with Crippen molar-refractivity contribution in [3.05, 3.63) is 48.3 Å². The van der Waals surface area contributed by atoms with Gasteiger partial charge in [0.25, 0.3) is 0 Å². The lowest BCUT2D eigenvalue weighted by molar-refractivity contribution is -0.121. The summed E-state index contributed by atoms with van der Waals surface area (Å²) >= 11 is 1.43. The number of anilines is 1. The van der Waals surface area contributed by atoms with E-state index >= 15 is 0 Å². The summed E-state index contributed by atoms with van der Waals surface area (Å²) in [6.45, 7) is 2.18. The minimum atomic E-state index is -3.65. The summed E-state index contributed by atoms with van der Waals surface area (Å²) in [6.07, 6.45) is 2.18. The molecular weight excluding hydrogens is 398 g/mol. The van der Waals surface area contributed by atoms with Gasteiger partial charge in [-0.25, -0.2) is 8.42 Å². The fourth-order valence-corrected chi connectivity index (χ4v) is 5.00. The van der Waals surface area contributed by atoms with Crippen LogP contribution in [0.1, 0.15) is 25.5 Å². The predicted octanol–water partition coefficient (Wildman–Crippen LogP) is 2.38. The zero-order valence-electron chi connectivity index (χ0n) is 15.3. The first-order valence-corrected chi connectivity index (χ1v) is 11.4. The third-order valence-electron chi connectivity index (χ3n) is 4.29. The molecule has 1 unspecified atom stereocenters. The minimum absolute atomic E-state index is 0.0969. The quantitative estimate of drug-likeness (QED) is 0.714. The Morgan fingerprint density at radius 2 is 2.11 bits per heavy atom. The van der Waals surface area contributed by atoms with Crippen LogP contribution in [0.15, 0.2) is 52.4 Å². The Morgan fingerprint density at radius 3 is 2.82 bits per heavy atom. The first-order valence-electron chi connectivity index (χ1n) is 8.90. The molecule has 1 aromatic heterocycles. The fraction of sp³-hybridized carbons (Fsp3) is 0.316. The van der Waals surface area contributed by atoms with Crippen molar-refractivity contribution in [3.63, 3.8) is 0 Å². The molecule has 1 aliphatic heterocycles. The number of aromatic nitrogens is 1. The van der Waals surface area contributed by atoms with Gasteiger partial charge in [0.15, 0.2) is 9.84 Å². The van der Waals surface area contributed by atoms with Gasteiger partial charge in [-0.2, -0.15) is 0 Å². The number of thioether (sulfide) groups is 1. The van der Waals surface area contributed by atoms with E-state index in [0.29, 0.717) is 17.8 Å². The molecule has 2 aromatic rings. The lowest BCUT2D eigenvalue weighted by Crippen LogP contribution is -2.28. The molecule has 1 aromatic carbocycles. The number of sulfone groups is 1. The molecule has 2 N–H and O–H groups in total. The Hall–Kier alpha value is -2.39. The van der Waals surface area contributed by atoms with Crippen molar-refractivity contribution < 1.29 is 18.0 Å². The number of hydrogen-bond donors (Lipinski definition) is 2. The fourth-order valence-electron chi connectivity index (χ4n) is 2.72. The maximum Gasteiger partial charge on any atom is 0.237 e. The number of hydrogen-bond acceptors (Lipinski definition) is 6. The molecule has 0 radical (unpaired) electrons. The smallest absolute Gasteiger partial charge is 0.237 e. The number of nitrogens with one attached hydrogen (secondary N) is 2. The van der Waals surface area contributed by atoms with E-state index in [1.54, 1.807) is 24.4 Å². The predicted molar refractivity (Wildman–Crippen MR) is 108 cm³/mol. The van der Waals surface area contributed by atoms with Gasteiger partial charge >= 0.3 is 0 Å². The number of benzene rings is 1. The van der Waals surface area contributed by atoms with Gasteiger partial charge in [-0.3, -0.25) is 14.6 Å². The molecule has 148 valence electrons. The lowest BCUT2D eigenvalue weighted by Gasteiger charge is -2.23. The largest absolute Gasteiger partial charge is 0.350 e. The topological polar surface area (TPSA) is 105 Å². The molecule has 0 fully saturated rings. The Kier molecular flexibility index (Phi) is 6.35. The molecule has 1 aliphatic rings. The van der Waals surface area contributed by atoms with E-state index in [9.17, 15) is 18.0 Å². The first kappa shape index (κ1) is 20.3. The van der Waals surface area contributed by atoms with Crippen LogP contribution in [0.5, 0.6) is 0 Å². The van der Waals surface area contributed by atoms with Gasteiger partial charge in [-0.05, 0) is 36.8 Å². The zero-order chi connectivity index (χ0) is 20.1. The molecule has 0 bridgehead atoms. The number of fused-ring (bicyclic) bond motifs is 1. The van der Waals surface area contributed by atoms with Gasteiger partial charge in [-0.1, -0.05) is 13.0 Å². The maximum atomic E-state index is 12.6. The average molecular weight is 420 g/mol. The Morgan fingerprint density at radius 1 is 1.29 bits per heavy atom. The van der Waals surface area contributed by atoms with Crippen LogP contribution in [-0.2, 0) is 26.0 Å². The molecule has 9 heteroatoms. The summed E-state index contributed by atoms with van der Waals surface area (Å²) in [5.41, 5.74) is 1.20. The van der Waals surface area contributed by atoms with Crippen molar-refractivity contribution in [1.29, 1.82) is 0 Å². The van der Waals surface area contributed by atoms with E-state index in [0.717, 1.165) is 4.90 Å². The zero-order valence-corrected chi connectivity index (χ0v) is 17.0. The Bertz CT molecular complexity index is 978. The SMILES string of the molecule is CCC1Sc2ccc(S(=O)(=O)CCC(=O)NCc3ccccn3)cc2NC1=O. The molecule has 0 saturated heterocycles. The highest BCUT2D eigenvalue weighted by atomic mass is 32.2. The number of carbonyl (C=O) groups excluding carboxylic acids is 2. The second kappa shape index (κ2) is 8.74. The monoisotopic (exact) mass is 419 g/mol. The minimum Gasteiger partial charge on any atom is -0.350 e. The molecule has 28 heavy (non-hydrogen) atoms. The van der Waals surface area contributed by atoms with E-state index in [1.807, 2.05) is 13.0 Å². The second-order valence-electron chi connectivity index (χ2n) is 6.33. The molecule has 1 atom stereocenters. The van der Waals surface area contributed by atoms with Crippen molar-refractivity contribution in [2.24, 2.45) is 0 Å². The molecule has 7 nitrogen and oxygen atoms in total. The number of amides is 2. The second-order valence-corrected chi connectivity index (χ2v) is 9.68. The van der Waals surface area contributed by atoms with Gasteiger partial charge in [0, 0.05) is 17.5 Å². The average Bonchev–Trinajstić information content (AvgIpc) is 2.70. The standard InChI is InChI=1S/C19H21N3O4S2/c1-2-16-19(24)22-15-11-14(6-7-17(15)27-16)28(25,26)10-8-18(23)21-12-13-5-3-4-9-20-13/h3-7,9,11,16H,2,8,10,12H2,1H3,(H,21,23)(H,22,24). The summed E-state index contributed by atoms with van der Waals surface area (Å²) < 4.78 is 25.2. The number of carbonyl (C=O) groups is 2. The van der Waals surface area contributed by atoms with Crippen molar-refractivity contribution in [2.45, 2.75) is 41.4 Å². The van der Waals surface area contributed by atoms with Crippen LogP contribution in [0.2, 0.25) is 0 Å². The highest BCUT2D eigenvalue weighted by molar-refractivity contribution is 8.01. The highest BCUT2D eigenvalue weighted by Crippen LogP contribution is 2.38. The summed E-state index contributed by atoms with van der Waals surface area (Å²) in [7, 11) is -3.65. The van der Waals surface area contributed by atoms with Crippen LogP contribution in [0, 0.1) is 0 Å². The van der Waals surface area contributed by atoms with E-state index < -0.39 is 9.84 Å². The Labute approximate surface area is 168 Å². The molecular formula is C19H21N3O4S2. The van der Waals surface area contributed by atoms with Gasteiger partial charge in [0.2, 0.25) is 11.8 Å². The van der Waals surface area contributed by atoms with E-state index in [4.69, 9.17) is 0 Å². The van der Waals surface area contributed by atoms with Crippen LogP contribution >= 0.6 is 11.8 Å². The van der Waals surface area contributed by atoms with Crippen LogP contribution < -0.4 is 10.6 Å². The molecule has 0 aliphatic carbocycles. The van der Waals surface area contributed by atoms with E-state index in [-0.39, 0.29) is 40.7 Å². The van der Waals surface area contributed by atoms with Crippen LogP contribution in [0.3, 0.4) is 0 Å². The number of pyridine rings is 1. The molecule has 0 spiro atoms. The summed E-state index contributed by atoms with van der Waals surface area (Å²) in [5.74, 6) is -0.788. The normalized spacial score (nSPS) is 16.2. The third-order valence-corrected chi connectivity index (χ3v) is 7.45. The molecule has 3 rings (SSSR count). The van der Waals surface area contributed by atoms with Crippen molar-refractivity contribution >= 4 is 39.1 Å². The Balaban J connectivity index is 1.61. The van der Waals surface area contributed by atoms with Gasteiger partial charge in [0.1, 0.15) is 0 Å². The van der Waals surface area contributed by atoms with E-state index in [1.165, 1.54) is 23.9 Å². The summed E-state index contributed by atoms with van der Waals surface area (Å²) in [5, 5.41) is 5.26. The van der Waals surface area contributed by atoms with Crippen LogP contribution in [-0.4, -0.2) is 36.2 Å². The van der Waals surface area contributed by atoms with E-state index in [2.05, 4.69) is 15.6 Å². The number of rotatable bonds is 7. The lowest BCUT2D eigenvalue weighted by atomic mass is 10.2. The van der Waals surface area contributed by atoms with Gasteiger partial charge in [-0.15, -0.1) is 11.8 Å². The van der Waals surface area contributed by atoms with Crippen molar-refractivity contribution in [2.75, 3.05) is 11.1 Å². The highest BCUT2D eigenvalue weighted by Gasteiger charge is 2.27. The molecule has 0 saturated carbocycles. The first-order chi connectivity index (χ1) is 13.4. The van der Waals surface area contributed by atoms with Crippen LogP contribution in [0.25, 0.3) is 0 Å². The summed E-state index contributed by atoms with van der Waals surface area (Å²) in [4.78, 5) is 29.0. The maximum absolute atomic E-state index is 12.6. The molecule has 2 heterocycles. The van der Waals surface area contributed by atoms with Crippen molar-refractivity contribution in [3.8, 4) is 0 Å².